The van der Waals surface area contributed by atoms with E-state index in [0.29, 0.717) is 11.7 Å². The standard InChI is InChI=1S/C15H21N3O2/c1-5-12(16)10(3)15-17-14(18-20-15)11-7-6-9(2)8-13(11)19-4/h6-8,10,12H,5,16H2,1-4H3. The second-order valence-electron chi connectivity index (χ2n) is 5.02. The first-order valence-corrected chi connectivity index (χ1v) is 6.81. The molecule has 2 rings (SSSR count). The average molecular weight is 275 g/mol. The molecule has 0 radical (unpaired) electrons. The van der Waals surface area contributed by atoms with Crippen LogP contribution in [0.2, 0.25) is 0 Å². The number of hydrogen-bond acceptors (Lipinski definition) is 5. The average Bonchev–Trinajstić information content (AvgIpc) is 2.94. The van der Waals surface area contributed by atoms with E-state index in [4.69, 9.17) is 15.0 Å². The first-order valence-electron chi connectivity index (χ1n) is 6.81. The van der Waals surface area contributed by atoms with Gasteiger partial charge in [-0.05, 0) is 31.0 Å². The van der Waals surface area contributed by atoms with Crippen molar-refractivity contribution in [1.29, 1.82) is 0 Å². The first kappa shape index (κ1) is 14.5. The van der Waals surface area contributed by atoms with Crippen LogP contribution in [0.1, 0.15) is 37.6 Å². The Bertz CT molecular complexity index is 580. The van der Waals surface area contributed by atoms with Gasteiger partial charge >= 0.3 is 0 Å². The van der Waals surface area contributed by atoms with Crippen molar-refractivity contribution in [2.75, 3.05) is 7.11 Å². The molecule has 0 saturated heterocycles. The van der Waals surface area contributed by atoms with Gasteiger partial charge in [0.15, 0.2) is 0 Å². The van der Waals surface area contributed by atoms with E-state index in [9.17, 15) is 0 Å². The van der Waals surface area contributed by atoms with E-state index in [2.05, 4.69) is 10.1 Å². The van der Waals surface area contributed by atoms with Crippen LogP contribution < -0.4 is 10.5 Å². The number of nitrogens with zero attached hydrogens (tertiary/aromatic N) is 2. The third kappa shape index (κ3) is 2.82. The number of nitrogens with two attached hydrogens (primary N) is 1. The summed E-state index contributed by atoms with van der Waals surface area (Å²) >= 11 is 0. The Morgan fingerprint density at radius 3 is 2.80 bits per heavy atom. The molecule has 2 aromatic rings. The minimum atomic E-state index is 0.0169. The Balaban J connectivity index is 2.33. The molecular formula is C15H21N3O2. The predicted octanol–water partition coefficient (Wildman–Crippen LogP) is 2.89. The van der Waals surface area contributed by atoms with Gasteiger partial charge in [0.25, 0.3) is 0 Å². The summed E-state index contributed by atoms with van der Waals surface area (Å²) in [5, 5.41) is 4.04. The highest BCUT2D eigenvalue weighted by Crippen LogP contribution is 2.30. The van der Waals surface area contributed by atoms with Gasteiger partial charge in [-0.15, -0.1) is 0 Å². The molecule has 2 unspecified atom stereocenters. The first-order chi connectivity index (χ1) is 9.56. The van der Waals surface area contributed by atoms with Gasteiger partial charge < -0.3 is 15.0 Å². The third-order valence-electron chi connectivity index (χ3n) is 3.54. The fourth-order valence-corrected chi connectivity index (χ4v) is 2.05. The van der Waals surface area contributed by atoms with Gasteiger partial charge in [-0.3, -0.25) is 0 Å². The SMILES string of the molecule is CCC(N)C(C)c1nc(-c2ccc(C)cc2OC)no1. The van der Waals surface area contributed by atoms with E-state index in [1.165, 1.54) is 0 Å². The van der Waals surface area contributed by atoms with Crippen LogP contribution in [0.4, 0.5) is 0 Å². The molecule has 0 spiro atoms. The summed E-state index contributed by atoms with van der Waals surface area (Å²) in [5.74, 6) is 1.88. The van der Waals surface area contributed by atoms with Gasteiger partial charge in [0.1, 0.15) is 5.75 Å². The molecule has 0 amide bonds. The quantitative estimate of drug-likeness (QED) is 0.908. The summed E-state index contributed by atoms with van der Waals surface area (Å²) in [4.78, 5) is 4.45. The number of ether oxygens (including phenoxy) is 1. The van der Waals surface area contributed by atoms with Crippen LogP contribution in [-0.2, 0) is 0 Å². The number of benzene rings is 1. The maximum atomic E-state index is 6.02. The van der Waals surface area contributed by atoms with E-state index in [1.807, 2.05) is 39.0 Å². The lowest BCUT2D eigenvalue weighted by Crippen LogP contribution is -2.25. The summed E-state index contributed by atoms with van der Waals surface area (Å²) in [6.07, 6.45) is 0.868. The van der Waals surface area contributed by atoms with Crippen molar-refractivity contribution in [1.82, 2.24) is 10.1 Å². The molecule has 0 fully saturated rings. The number of methoxy groups -OCH3 is 1. The van der Waals surface area contributed by atoms with E-state index >= 15 is 0 Å². The van der Waals surface area contributed by atoms with Crippen molar-refractivity contribution in [2.24, 2.45) is 5.73 Å². The van der Waals surface area contributed by atoms with E-state index < -0.39 is 0 Å². The van der Waals surface area contributed by atoms with Crippen LogP contribution in [0.25, 0.3) is 11.4 Å². The highest BCUT2D eigenvalue weighted by atomic mass is 16.5. The fourth-order valence-electron chi connectivity index (χ4n) is 2.05. The van der Waals surface area contributed by atoms with Gasteiger partial charge in [0.2, 0.25) is 11.7 Å². The lowest BCUT2D eigenvalue weighted by Gasteiger charge is -2.13. The minimum absolute atomic E-state index is 0.0169. The zero-order valence-corrected chi connectivity index (χ0v) is 12.4. The van der Waals surface area contributed by atoms with Crippen LogP contribution in [0, 0.1) is 6.92 Å². The highest BCUT2D eigenvalue weighted by Gasteiger charge is 2.21. The zero-order valence-electron chi connectivity index (χ0n) is 12.4. The monoisotopic (exact) mass is 275 g/mol. The molecule has 5 nitrogen and oxygen atoms in total. The number of hydrogen-bond donors (Lipinski definition) is 1. The zero-order chi connectivity index (χ0) is 14.7. The molecule has 0 aliphatic carbocycles. The Hall–Kier alpha value is -1.88. The van der Waals surface area contributed by atoms with E-state index in [-0.39, 0.29) is 12.0 Å². The maximum Gasteiger partial charge on any atom is 0.231 e. The van der Waals surface area contributed by atoms with Crippen LogP contribution in [-0.4, -0.2) is 23.3 Å². The van der Waals surface area contributed by atoms with Crippen molar-refractivity contribution in [3.63, 3.8) is 0 Å². The smallest absolute Gasteiger partial charge is 0.231 e. The maximum absolute atomic E-state index is 6.02. The summed E-state index contributed by atoms with van der Waals surface area (Å²) < 4.78 is 10.7. The molecule has 0 aliphatic rings. The van der Waals surface area contributed by atoms with Crippen molar-refractivity contribution < 1.29 is 9.26 Å². The Labute approximate surface area is 119 Å². The molecule has 2 N–H and O–H groups in total. The molecule has 108 valence electrons. The minimum Gasteiger partial charge on any atom is -0.496 e. The third-order valence-corrected chi connectivity index (χ3v) is 3.54. The Kier molecular flexibility index (Phi) is 4.39. The largest absolute Gasteiger partial charge is 0.496 e. The molecule has 1 heterocycles. The Morgan fingerprint density at radius 1 is 1.40 bits per heavy atom. The normalized spacial score (nSPS) is 14.1. The lowest BCUT2D eigenvalue weighted by molar-refractivity contribution is 0.340. The number of aromatic nitrogens is 2. The van der Waals surface area contributed by atoms with E-state index in [1.54, 1.807) is 7.11 Å². The van der Waals surface area contributed by atoms with Gasteiger partial charge in [-0.25, -0.2) is 0 Å². The highest BCUT2D eigenvalue weighted by molar-refractivity contribution is 5.64. The molecule has 0 saturated carbocycles. The van der Waals surface area contributed by atoms with E-state index in [0.717, 1.165) is 23.3 Å². The van der Waals surface area contributed by atoms with Crippen LogP contribution in [0.15, 0.2) is 22.7 Å². The molecule has 5 heteroatoms. The fraction of sp³-hybridized carbons (Fsp3) is 0.467. The number of rotatable bonds is 5. The van der Waals surface area contributed by atoms with Crippen molar-refractivity contribution in [2.45, 2.75) is 39.2 Å². The van der Waals surface area contributed by atoms with Gasteiger partial charge in [-0.1, -0.05) is 25.1 Å². The van der Waals surface area contributed by atoms with Gasteiger partial charge in [0, 0.05) is 6.04 Å². The Morgan fingerprint density at radius 2 is 2.15 bits per heavy atom. The van der Waals surface area contributed by atoms with Crippen LogP contribution >= 0.6 is 0 Å². The van der Waals surface area contributed by atoms with Crippen molar-refractivity contribution in [3.05, 3.63) is 29.7 Å². The second kappa shape index (κ2) is 6.05. The lowest BCUT2D eigenvalue weighted by atomic mass is 10.0. The summed E-state index contributed by atoms with van der Waals surface area (Å²) in [7, 11) is 1.63. The summed E-state index contributed by atoms with van der Waals surface area (Å²) in [6, 6.07) is 5.90. The molecule has 1 aromatic carbocycles. The molecule has 2 atom stereocenters. The summed E-state index contributed by atoms with van der Waals surface area (Å²) in [5.41, 5.74) is 7.97. The van der Waals surface area contributed by atoms with Crippen LogP contribution in [0.5, 0.6) is 5.75 Å². The predicted molar refractivity (Wildman–Crippen MR) is 77.7 cm³/mol. The molecule has 20 heavy (non-hydrogen) atoms. The second-order valence-corrected chi connectivity index (χ2v) is 5.02. The van der Waals surface area contributed by atoms with Crippen LogP contribution in [0.3, 0.4) is 0 Å². The summed E-state index contributed by atoms with van der Waals surface area (Å²) in [6.45, 7) is 6.05. The molecule has 1 aromatic heterocycles. The topological polar surface area (TPSA) is 74.2 Å². The van der Waals surface area contributed by atoms with Gasteiger partial charge in [0.05, 0.1) is 18.6 Å². The number of aryl methyl sites for hydroxylation is 1. The van der Waals surface area contributed by atoms with Crippen molar-refractivity contribution in [3.8, 4) is 17.1 Å². The molecule has 0 bridgehead atoms. The molecular weight excluding hydrogens is 254 g/mol. The van der Waals surface area contributed by atoms with Crippen molar-refractivity contribution >= 4 is 0 Å². The molecule has 0 aliphatic heterocycles. The van der Waals surface area contributed by atoms with Gasteiger partial charge in [-0.2, -0.15) is 4.98 Å².